The van der Waals surface area contributed by atoms with Crippen molar-refractivity contribution in [3.63, 3.8) is 0 Å². The van der Waals surface area contributed by atoms with Crippen LogP contribution in [0.15, 0.2) is 5.16 Å². The summed E-state index contributed by atoms with van der Waals surface area (Å²) < 4.78 is 0. The minimum absolute atomic E-state index is 0.529. The van der Waals surface area contributed by atoms with Crippen LogP contribution >= 0.6 is 0 Å². The second-order valence-corrected chi connectivity index (χ2v) is 9.11. The second-order valence-electron chi connectivity index (χ2n) is 9.11. The van der Waals surface area contributed by atoms with Gasteiger partial charge in [0, 0.05) is 0 Å². The molecule has 0 radical (unpaired) electrons. The standard InChI is InChI=1S/C19H31NO/c1-18-9-3-4-16(18)15-6-5-13-12-14(20-21)7-11-19(13,2)17(15)8-10-18/h13,15-17,21H,3-12H2,1-2H3/b20-14-/t13-,15+,16+,17+,18-,19-/m0/s1. The lowest BCUT2D eigenvalue weighted by atomic mass is 9.45. The van der Waals surface area contributed by atoms with Gasteiger partial charge in [-0.15, -0.1) is 0 Å². The molecule has 0 heterocycles. The molecule has 21 heavy (non-hydrogen) atoms. The molecule has 0 aromatic rings. The van der Waals surface area contributed by atoms with Crippen molar-refractivity contribution in [2.75, 3.05) is 0 Å². The van der Waals surface area contributed by atoms with Gasteiger partial charge >= 0.3 is 0 Å². The Hall–Kier alpha value is -0.530. The van der Waals surface area contributed by atoms with Crippen molar-refractivity contribution >= 4 is 5.71 Å². The zero-order valence-electron chi connectivity index (χ0n) is 13.8. The fourth-order valence-electron chi connectivity index (χ4n) is 7.14. The van der Waals surface area contributed by atoms with Crippen molar-refractivity contribution in [1.82, 2.24) is 0 Å². The minimum atomic E-state index is 0.529. The van der Waals surface area contributed by atoms with E-state index in [4.69, 9.17) is 5.21 Å². The summed E-state index contributed by atoms with van der Waals surface area (Å²) in [6.45, 7) is 5.17. The van der Waals surface area contributed by atoms with Crippen LogP contribution in [0.4, 0.5) is 0 Å². The van der Waals surface area contributed by atoms with Crippen LogP contribution in [0.1, 0.15) is 78.1 Å². The number of rotatable bonds is 0. The summed E-state index contributed by atoms with van der Waals surface area (Å²) in [6, 6.07) is 0. The molecule has 0 amide bonds. The molecule has 6 atom stereocenters. The van der Waals surface area contributed by atoms with E-state index in [1.165, 1.54) is 51.4 Å². The maximum atomic E-state index is 9.14. The van der Waals surface area contributed by atoms with Gasteiger partial charge in [0.05, 0.1) is 5.71 Å². The first-order chi connectivity index (χ1) is 10.1. The Balaban J connectivity index is 1.61. The molecule has 0 spiro atoms. The molecule has 2 nitrogen and oxygen atoms in total. The quantitative estimate of drug-likeness (QED) is 0.479. The lowest BCUT2D eigenvalue weighted by molar-refractivity contribution is -0.0921. The van der Waals surface area contributed by atoms with Gasteiger partial charge in [-0.2, -0.15) is 0 Å². The highest BCUT2D eigenvalue weighted by atomic mass is 16.4. The Morgan fingerprint density at radius 3 is 2.67 bits per heavy atom. The van der Waals surface area contributed by atoms with Crippen LogP contribution in [0.2, 0.25) is 0 Å². The van der Waals surface area contributed by atoms with Gasteiger partial charge in [0.15, 0.2) is 0 Å². The number of hydrogen-bond donors (Lipinski definition) is 1. The Labute approximate surface area is 129 Å². The molecule has 0 aromatic carbocycles. The van der Waals surface area contributed by atoms with E-state index < -0.39 is 0 Å². The molecule has 0 aromatic heterocycles. The lowest BCUT2D eigenvalue weighted by Crippen LogP contribution is -2.52. The predicted molar refractivity (Wildman–Crippen MR) is 85.6 cm³/mol. The van der Waals surface area contributed by atoms with Crippen molar-refractivity contribution in [2.24, 2.45) is 39.7 Å². The summed E-state index contributed by atoms with van der Waals surface area (Å²) in [4.78, 5) is 0. The van der Waals surface area contributed by atoms with Crippen molar-refractivity contribution in [1.29, 1.82) is 0 Å². The highest BCUT2D eigenvalue weighted by molar-refractivity contribution is 5.85. The molecular formula is C19H31NO. The molecule has 4 rings (SSSR count). The predicted octanol–water partition coefficient (Wildman–Crippen LogP) is 5.25. The van der Waals surface area contributed by atoms with Gasteiger partial charge < -0.3 is 5.21 Å². The molecule has 2 heteroatoms. The summed E-state index contributed by atoms with van der Waals surface area (Å²) >= 11 is 0. The van der Waals surface area contributed by atoms with Crippen molar-refractivity contribution in [2.45, 2.75) is 78.1 Å². The molecule has 0 aliphatic heterocycles. The first-order valence-electron chi connectivity index (χ1n) is 9.27. The minimum Gasteiger partial charge on any atom is -0.411 e. The first-order valence-corrected chi connectivity index (χ1v) is 9.27. The third-order valence-electron chi connectivity index (χ3n) is 8.42. The number of fused-ring (bicyclic) bond motifs is 5. The van der Waals surface area contributed by atoms with Gasteiger partial charge in [-0.1, -0.05) is 25.4 Å². The maximum absolute atomic E-state index is 9.14. The summed E-state index contributed by atoms with van der Waals surface area (Å²) in [5.41, 5.74) is 2.27. The largest absolute Gasteiger partial charge is 0.411 e. The van der Waals surface area contributed by atoms with Gasteiger partial charge in [0.1, 0.15) is 0 Å². The Kier molecular flexibility index (Phi) is 3.17. The highest BCUT2D eigenvalue weighted by Gasteiger charge is 2.57. The van der Waals surface area contributed by atoms with Crippen LogP contribution in [0.25, 0.3) is 0 Å². The van der Waals surface area contributed by atoms with E-state index in [1.807, 2.05) is 0 Å². The summed E-state index contributed by atoms with van der Waals surface area (Å²) in [6.07, 6.45) is 13.6. The van der Waals surface area contributed by atoms with E-state index in [0.717, 1.165) is 42.2 Å². The maximum Gasteiger partial charge on any atom is 0.0574 e. The van der Waals surface area contributed by atoms with Crippen molar-refractivity contribution in [3.05, 3.63) is 0 Å². The molecule has 4 aliphatic carbocycles. The van der Waals surface area contributed by atoms with Crippen LogP contribution in [0.5, 0.6) is 0 Å². The third-order valence-corrected chi connectivity index (χ3v) is 8.42. The van der Waals surface area contributed by atoms with Crippen molar-refractivity contribution in [3.8, 4) is 0 Å². The average molecular weight is 289 g/mol. The molecule has 4 aliphatic rings. The highest BCUT2D eigenvalue weighted by Crippen LogP contribution is 2.65. The Bertz CT molecular complexity index is 458. The van der Waals surface area contributed by atoms with Gasteiger partial charge in [0.25, 0.3) is 0 Å². The van der Waals surface area contributed by atoms with Crippen LogP contribution < -0.4 is 0 Å². The van der Waals surface area contributed by atoms with E-state index >= 15 is 0 Å². The monoisotopic (exact) mass is 289 g/mol. The fraction of sp³-hybridized carbons (Fsp3) is 0.947. The summed E-state index contributed by atoms with van der Waals surface area (Å²) in [7, 11) is 0. The van der Waals surface area contributed by atoms with Crippen molar-refractivity contribution < 1.29 is 5.21 Å². The van der Waals surface area contributed by atoms with Gasteiger partial charge in [-0.25, -0.2) is 0 Å². The molecule has 0 saturated heterocycles. The SMILES string of the molecule is C[C@@]12CCC[C@@H]1[C@H]1CC[C@H]3C/C(=N\O)CC[C@]3(C)[C@@H]1CC2. The molecule has 0 unspecified atom stereocenters. The zero-order chi connectivity index (χ0) is 14.7. The Morgan fingerprint density at radius 1 is 1.00 bits per heavy atom. The number of nitrogens with zero attached hydrogens (tertiary/aromatic N) is 1. The third kappa shape index (κ3) is 1.93. The molecule has 4 saturated carbocycles. The van der Waals surface area contributed by atoms with E-state index in [2.05, 4.69) is 19.0 Å². The number of oxime groups is 1. The van der Waals surface area contributed by atoms with Crippen LogP contribution in [-0.2, 0) is 0 Å². The van der Waals surface area contributed by atoms with E-state index in [1.54, 1.807) is 0 Å². The Morgan fingerprint density at radius 2 is 1.86 bits per heavy atom. The lowest BCUT2D eigenvalue weighted by Gasteiger charge is -2.60. The van der Waals surface area contributed by atoms with Crippen LogP contribution in [0.3, 0.4) is 0 Å². The number of hydrogen-bond acceptors (Lipinski definition) is 2. The topological polar surface area (TPSA) is 32.6 Å². The van der Waals surface area contributed by atoms with E-state index in [0.29, 0.717) is 10.8 Å². The zero-order valence-corrected chi connectivity index (χ0v) is 13.8. The average Bonchev–Trinajstić information content (AvgIpc) is 2.88. The molecular weight excluding hydrogens is 258 g/mol. The van der Waals surface area contributed by atoms with Gasteiger partial charge in [-0.05, 0) is 92.3 Å². The molecule has 0 bridgehead atoms. The van der Waals surface area contributed by atoms with Gasteiger partial charge in [0.2, 0.25) is 0 Å². The molecule has 1 N–H and O–H groups in total. The van der Waals surface area contributed by atoms with E-state index in [9.17, 15) is 0 Å². The fourth-order valence-corrected chi connectivity index (χ4v) is 7.14. The smallest absolute Gasteiger partial charge is 0.0574 e. The molecule has 118 valence electrons. The second kappa shape index (κ2) is 4.73. The normalized spacial score (nSPS) is 54.9. The summed E-state index contributed by atoms with van der Waals surface area (Å²) in [5.74, 6) is 3.75. The first kappa shape index (κ1) is 14.1. The van der Waals surface area contributed by atoms with E-state index in [-0.39, 0.29) is 0 Å². The molecule has 4 fully saturated rings. The van der Waals surface area contributed by atoms with Crippen LogP contribution in [-0.4, -0.2) is 10.9 Å². The van der Waals surface area contributed by atoms with Crippen LogP contribution in [0, 0.1) is 34.5 Å². The summed E-state index contributed by atoms with van der Waals surface area (Å²) in [5, 5.41) is 12.7. The van der Waals surface area contributed by atoms with Gasteiger partial charge in [-0.3, -0.25) is 0 Å².